The topological polar surface area (TPSA) is 109 Å². The molecule has 2 aromatic carbocycles. The zero-order chi connectivity index (χ0) is 23.3. The van der Waals surface area contributed by atoms with Gasteiger partial charge in [0.05, 0.1) is 19.8 Å². The second-order valence-corrected chi connectivity index (χ2v) is 9.37. The number of nitrogens with one attached hydrogen (secondary N) is 3. The fourth-order valence-corrected chi connectivity index (χ4v) is 4.74. The molecule has 3 rings (SSSR count). The van der Waals surface area contributed by atoms with Gasteiger partial charge in [0.1, 0.15) is 16.4 Å². The summed E-state index contributed by atoms with van der Waals surface area (Å²) in [5.74, 6) is 0.319. The molecule has 0 aliphatic carbocycles. The van der Waals surface area contributed by atoms with E-state index in [1.165, 1.54) is 26.4 Å². The third kappa shape index (κ3) is 5.43. The molecule has 9 nitrogen and oxygen atoms in total. The molecule has 1 fully saturated rings. The van der Waals surface area contributed by atoms with Crippen molar-refractivity contribution in [2.24, 2.45) is 0 Å². The predicted octanol–water partition coefficient (Wildman–Crippen LogP) is 2.05. The fourth-order valence-electron chi connectivity index (χ4n) is 3.51. The molecule has 174 valence electrons. The Morgan fingerprint density at radius 2 is 1.78 bits per heavy atom. The molecule has 1 aliphatic heterocycles. The first-order chi connectivity index (χ1) is 15.2. The highest BCUT2D eigenvalue weighted by Gasteiger charge is 2.24. The summed E-state index contributed by atoms with van der Waals surface area (Å²) in [5, 5.41) is 6.19. The lowest BCUT2D eigenvalue weighted by Crippen LogP contribution is -2.44. The number of hydrogen-bond donors (Lipinski definition) is 3. The van der Waals surface area contributed by atoms with E-state index in [9.17, 15) is 13.2 Å². The van der Waals surface area contributed by atoms with E-state index in [0.29, 0.717) is 11.3 Å². The van der Waals surface area contributed by atoms with E-state index in [2.05, 4.69) is 20.3 Å². The van der Waals surface area contributed by atoms with Gasteiger partial charge in [0.25, 0.3) is 15.9 Å². The lowest BCUT2D eigenvalue weighted by Gasteiger charge is -2.31. The Hall–Kier alpha value is -2.98. The molecule has 3 N–H and O–H groups in total. The lowest BCUT2D eigenvalue weighted by atomic mass is 10.1. The highest BCUT2D eigenvalue weighted by Crippen LogP contribution is 2.31. The van der Waals surface area contributed by atoms with Crippen LogP contribution in [0.3, 0.4) is 0 Å². The van der Waals surface area contributed by atoms with Crippen molar-refractivity contribution in [2.75, 3.05) is 50.0 Å². The fraction of sp³-hybridized carbons (Fsp3) is 0.409. The van der Waals surface area contributed by atoms with Gasteiger partial charge >= 0.3 is 0 Å². The predicted molar refractivity (Wildman–Crippen MR) is 124 cm³/mol. The number of methoxy groups -OCH3 is 2. The van der Waals surface area contributed by atoms with Gasteiger partial charge in [-0.05, 0) is 44.2 Å². The number of sulfonamides is 1. The molecule has 2 aromatic rings. The molecule has 0 bridgehead atoms. The third-order valence-electron chi connectivity index (χ3n) is 5.03. The minimum Gasteiger partial charge on any atom is -0.497 e. The molecule has 10 heteroatoms. The van der Waals surface area contributed by atoms with Gasteiger partial charge in [0.2, 0.25) is 0 Å². The molecule has 32 heavy (non-hydrogen) atoms. The Labute approximate surface area is 189 Å². The number of nitrogens with zero attached hydrogens (tertiary/aromatic N) is 1. The number of piperazine rings is 1. The molecule has 0 atom stereocenters. The van der Waals surface area contributed by atoms with Gasteiger partial charge in [0.15, 0.2) is 0 Å². The number of anilines is 2. The van der Waals surface area contributed by atoms with E-state index in [1.54, 1.807) is 24.3 Å². The summed E-state index contributed by atoms with van der Waals surface area (Å²) in [6.07, 6.45) is 0. The SMILES string of the molecule is COc1ccc(OC)c(S(=O)(=O)Nc2ccc(N3CCNCC3)c(C(=O)NC(C)C)c2)c1. The quantitative estimate of drug-likeness (QED) is 0.551. The average molecular weight is 463 g/mol. The molecule has 0 unspecified atom stereocenters. The number of benzene rings is 2. The van der Waals surface area contributed by atoms with Crippen LogP contribution in [0.1, 0.15) is 24.2 Å². The highest BCUT2D eigenvalue weighted by atomic mass is 32.2. The van der Waals surface area contributed by atoms with Crippen molar-refractivity contribution in [3.8, 4) is 11.5 Å². The number of hydrogen-bond acceptors (Lipinski definition) is 7. The van der Waals surface area contributed by atoms with E-state index in [4.69, 9.17) is 9.47 Å². The largest absolute Gasteiger partial charge is 0.497 e. The Bertz CT molecular complexity index is 1070. The smallest absolute Gasteiger partial charge is 0.265 e. The van der Waals surface area contributed by atoms with Crippen LogP contribution in [0, 0.1) is 0 Å². The van der Waals surface area contributed by atoms with Crippen LogP contribution in [0.25, 0.3) is 0 Å². The van der Waals surface area contributed by atoms with Crippen LogP contribution >= 0.6 is 0 Å². The Morgan fingerprint density at radius 1 is 1.06 bits per heavy atom. The van der Waals surface area contributed by atoms with Crippen molar-refractivity contribution in [2.45, 2.75) is 24.8 Å². The molecule has 0 saturated carbocycles. The minimum absolute atomic E-state index is 0.0558. The molecule has 0 spiro atoms. The average Bonchev–Trinajstić information content (AvgIpc) is 2.78. The van der Waals surface area contributed by atoms with Gasteiger partial charge in [-0.2, -0.15) is 0 Å². The standard InChI is InChI=1S/C22H30N4O5S/c1-15(2)24-22(27)18-13-16(5-7-19(18)26-11-9-23-10-12-26)25-32(28,29)21-14-17(30-3)6-8-20(21)31-4/h5-8,13-15,23,25H,9-12H2,1-4H3,(H,24,27). The normalized spacial score (nSPS) is 14.2. The maximum Gasteiger partial charge on any atom is 0.265 e. The summed E-state index contributed by atoms with van der Waals surface area (Å²) in [7, 11) is -1.14. The summed E-state index contributed by atoms with van der Waals surface area (Å²) in [4.78, 5) is 15.0. The van der Waals surface area contributed by atoms with Crippen LogP contribution in [-0.2, 0) is 10.0 Å². The first-order valence-corrected chi connectivity index (χ1v) is 11.9. The van der Waals surface area contributed by atoms with E-state index in [-0.39, 0.29) is 28.3 Å². The lowest BCUT2D eigenvalue weighted by molar-refractivity contribution is 0.0943. The van der Waals surface area contributed by atoms with E-state index in [0.717, 1.165) is 31.9 Å². The van der Waals surface area contributed by atoms with Crippen molar-refractivity contribution >= 4 is 27.3 Å². The van der Waals surface area contributed by atoms with Gasteiger partial charge in [-0.25, -0.2) is 8.42 Å². The highest BCUT2D eigenvalue weighted by molar-refractivity contribution is 7.92. The zero-order valence-electron chi connectivity index (χ0n) is 18.8. The van der Waals surface area contributed by atoms with Crippen LogP contribution in [0.15, 0.2) is 41.3 Å². The first kappa shape index (κ1) is 23.7. The molecule has 1 saturated heterocycles. The van der Waals surface area contributed by atoms with Gasteiger partial charge in [0, 0.05) is 49.7 Å². The van der Waals surface area contributed by atoms with Gasteiger partial charge in [-0.15, -0.1) is 0 Å². The first-order valence-electron chi connectivity index (χ1n) is 10.4. The molecule has 1 aliphatic rings. The molecule has 1 heterocycles. The third-order valence-corrected chi connectivity index (χ3v) is 6.43. The van der Waals surface area contributed by atoms with Crippen molar-refractivity contribution in [3.63, 3.8) is 0 Å². The monoisotopic (exact) mass is 462 g/mol. The second-order valence-electron chi connectivity index (χ2n) is 7.72. The van der Waals surface area contributed by atoms with Crippen molar-refractivity contribution in [1.82, 2.24) is 10.6 Å². The molecule has 1 amide bonds. The van der Waals surface area contributed by atoms with Gasteiger partial charge < -0.3 is 25.0 Å². The summed E-state index contributed by atoms with van der Waals surface area (Å²) in [5.41, 5.74) is 1.47. The van der Waals surface area contributed by atoms with Crippen LogP contribution in [0.4, 0.5) is 11.4 Å². The molecule has 0 aromatic heterocycles. The molecular weight excluding hydrogens is 432 g/mol. The Kier molecular flexibility index (Phi) is 7.47. The van der Waals surface area contributed by atoms with Crippen LogP contribution < -0.4 is 29.7 Å². The van der Waals surface area contributed by atoms with Crippen molar-refractivity contribution < 1.29 is 22.7 Å². The van der Waals surface area contributed by atoms with Crippen LogP contribution in [-0.4, -0.2) is 60.8 Å². The number of ether oxygens (including phenoxy) is 2. The number of amides is 1. The van der Waals surface area contributed by atoms with Crippen LogP contribution in [0.2, 0.25) is 0 Å². The number of carbonyl (C=O) groups excluding carboxylic acids is 1. The van der Waals surface area contributed by atoms with E-state index >= 15 is 0 Å². The van der Waals surface area contributed by atoms with Crippen molar-refractivity contribution in [1.29, 1.82) is 0 Å². The number of carbonyl (C=O) groups is 1. The van der Waals surface area contributed by atoms with E-state index in [1.807, 2.05) is 13.8 Å². The Balaban J connectivity index is 1.98. The summed E-state index contributed by atoms with van der Waals surface area (Å²) in [6, 6.07) is 9.49. The maximum absolute atomic E-state index is 13.1. The zero-order valence-corrected chi connectivity index (χ0v) is 19.6. The summed E-state index contributed by atoms with van der Waals surface area (Å²) >= 11 is 0. The van der Waals surface area contributed by atoms with Gasteiger partial charge in [-0.1, -0.05) is 0 Å². The van der Waals surface area contributed by atoms with E-state index < -0.39 is 10.0 Å². The number of rotatable bonds is 8. The Morgan fingerprint density at radius 3 is 2.41 bits per heavy atom. The second kappa shape index (κ2) is 10.1. The maximum atomic E-state index is 13.1. The van der Waals surface area contributed by atoms with Crippen LogP contribution in [0.5, 0.6) is 11.5 Å². The molecule has 0 radical (unpaired) electrons. The van der Waals surface area contributed by atoms with Gasteiger partial charge in [-0.3, -0.25) is 9.52 Å². The summed E-state index contributed by atoms with van der Waals surface area (Å²) < 4.78 is 39.2. The minimum atomic E-state index is -4.00. The summed E-state index contributed by atoms with van der Waals surface area (Å²) in [6.45, 7) is 6.90. The van der Waals surface area contributed by atoms with Crippen molar-refractivity contribution in [3.05, 3.63) is 42.0 Å². The molecular formula is C22H30N4O5S.